The van der Waals surface area contributed by atoms with Crippen molar-refractivity contribution < 1.29 is 14.0 Å². The maximum absolute atomic E-state index is 12.8. The van der Waals surface area contributed by atoms with E-state index in [9.17, 15) is 9.59 Å². The summed E-state index contributed by atoms with van der Waals surface area (Å²) in [6.45, 7) is 11.5. The number of hydrogen-bond donors (Lipinski definition) is 1. The molecule has 2 rings (SSSR count). The first-order valence-corrected chi connectivity index (χ1v) is 9.68. The van der Waals surface area contributed by atoms with Crippen LogP contribution in [-0.4, -0.2) is 53.8 Å². The zero-order chi connectivity index (χ0) is 19.1. The van der Waals surface area contributed by atoms with E-state index in [0.717, 1.165) is 38.2 Å². The molecular weight excluding hydrogens is 330 g/mol. The first-order chi connectivity index (χ1) is 12.4. The van der Waals surface area contributed by atoms with Crippen LogP contribution in [0.25, 0.3) is 0 Å². The Hall–Kier alpha value is -1.82. The van der Waals surface area contributed by atoms with Gasteiger partial charge in [0.15, 0.2) is 0 Å². The molecule has 1 aliphatic rings. The lowest BCUT2D eigenvalue weighted by atomic mass is 10.1. The number of carbonyl (C=O) groups is 2. The third kappa shape index (κ3) is 6.16. The maximum Gasteiger partial charge on any atom is 0.237 e. The molecule has 1 aliphatic heterocycles. The summed E-state index contributed by atoms with van der Waals surface area (Å²) in [5.41, 5.74) is 0. The Morgan fingerprint density at radius 3 is 2.54 bits per heavy atom. The summed E-state index contributed by atoms with van der Waals surface area (Å²) in [4.78, 5) is 29.3. The van der Waals surface area contributed by atoms with Gasteiger partial charge in [0.25, 0.3) is 0 Å². The topological polar surface area (TPSA) is 65.8 Å². The van der Waals surface area contributed by atoms with Gasteiger partial charge in [-0.3, -0.25) is 14.5 Å². The molecule has 1 saturated heterocycles. The van der Waals surface area contributed by atoms with Crippen LogP contribution < -0.4 is 5.32 Å². The Morgan fingerprint density at radius 1 is 1.27 bits per heavy atom. The predicted octanol–water partition coefficient (Wildman–Crippen LogP) is 2.50. The second-order valence-electron chi connectivity index (χ2n) is 8.01. The summed E-state index contributed by atoms with van der Waals surface area (Å²) >= 11 is 0. The van der Waals surface area contributed by atoms with Crippen LogP contribution in [0.2, 0.25) is 0 Å². The van der Waals surface area contributed by atoms with E-state index in [1.54, 1.807) is 12.3 Å². The van der Waals surface area contributed by atoms with Crippen molar-refractivity contribution in [2.45, 2.75) is 53.1 Å². The van der Waals surface area contributed by atoms with E-state index < -0.39 is 0 Å². The average molecular weight is 364 g/mol. The zero-order valence-corrected chi connectivity index (χ0v) is 16.5. The van der Waals surface area contributed by atoms with Crippen molar-refractivity contribution in [2.75, 3.05) is 26.2 Å². The van der Waals surface area contributed by atoms with E-state index in [4.69, 9.17) is 4.42 Å². The Bertz CT molecular complexity index is 559. The highest BCUT2D eigenvalue weighted by molar-refractivity contribution is 5.84. The lowest BCUT2D eigenvalue weighted by molar-refractivity contribution is -0.135. The molecule has 0 radical (unpaired) electrons. The van der Waals surface area contributed by atoms with E-state index in [2.05, 4.69) is 33.0 Å². The van der Waals surface area contributed by atoms with Crippen LogP contribution in [0.5, 0.6) is 0 Å². The van der Waals surface area contributed by atoms with Crippen LogP contribution in [0.1, 0.15) is 46.3 Å². The molecule has 6 nitrogen and oxygen atoms in total. The minimum Gasteiger partial charge on any atom is -0.467 e. The molecule has 0 aromatic carbocycles. The molecule has 26 heavy (non-hydrogen) atoms. The molecule has 0 bridgehead atoms. The highest BCUT2D eigenvalue weighted by Gasteiger charge is 2.33. The van der Waals surface area contributed by atoms with Crippen molar-refractivity contribution >= 4 is 11.8 Å². The lowest BCUT2D eigenvalue weighted by Gasteiger charge is -2.30. The van der Waals surface area contributed by atoms with Crippen molar-refractivity contribution in [3.05, 3.63) is 24.2 Å². The molecular formula is C20H33N3O3. The Labute approximate surface area is 156 Å². The molecule has 2 amide bonds. The minimum absolute atomic E-state index is 0.0223. The number of nitrogens with one attached hydrogen (secondary N) is 1. The molecule has 1 fully saturated rings. The van der Waals surface area contributed by atoms with Gasteiger partial charge in [0.2, 0.25) is 11.8 Å². The van der Waals surface area contributed by atoms with Gasteiger partial charge in [-0.25, -0.2) is 0 Å². The number of furan rings is 1. The van der Waals surface area contributed by atoms with Crippen LogP contribution in [-0.2, 0) is 16.1 Å². The van der Waals surface area contributed by atoms with E-state index in [1.165, 1.54) is 0 Å². The largest absolute Gasteiger partial charge is 0.467 e. The van der Waals surface area contributed by atoms with Crippen LogP contribution in [0, 0.1) is 11.8 Å². The van der Waals surface area contributed by atoms with E-state index in [-0.39, 0.29) is 17.9 Å². The molecule has 0 aliphatic carbocycles. The summed E-state index contributed by atoms with van der Waals surface area (Å²) in [5.74, 6) is 1.70. The first kappa shape index (κ1) is 20.5. The van der Waals surface area contributed by atoms with Crippen LogP contribution in [0.15, 0.2) is 22.8 Å². The summed E-state index contributed by atoms with van der Waals surface area (Å²) in [6.07, 6.45) is 3.34. The highest BCUT2D eigenvalue weighted by atomic mass is 16.3. The monoisotopic (exact) mass is 363 g/mol. The maximum atomic E-state index is 12.8. The number of nitrogens with zero attached hydrogens (tertiary/aromatic N) is 2. The molecule has 1 aromatic heterocycles. The van der Waals surface area contributed by atoms with Gasteiger partial charge < -0.3 is 14.6 Å². The second kappa shape index (κ2) is 9.76. The number of amides is 2. The minimum atomic E-state index is -0.228. The van der Waals surface area contributed by atoms with E-state index in [0.29, 0.717) is 24.9 Å². The Morgan fingerprint density at radius 2 is 1.96 bits per heavy atom. The van der Waals surface area contributed by atoms with Gasteiger partial charge in [-0.2, -0.15) is 0 Å². The first-order valence-electron chi connectivity index (χ1n) is 9.68. The lowest BCUT2D eigenvalue weighted by Crippen LogP contribution is -2.48. The predicted molar refractivity (Wildman–Crippen MR) is 101 cm³/mol. The molecule has 0 saturated carbocycles. The summed E-state index contributed by atoms with van der Waals surface area (Å²) in [5, 5.41) is 2.92. The fraction of sp³-hybridized carbons (Fsp3) is 0.700. The fourth-order valence-corrected chi connectivity index (χ4v) is 3.45. The van der Waals surface area contributed by atoms with Crippen LogP contribution >= 0.6 is 0 Å². The Balaban J connectivity index is 1.90. The summed E-state index contributed by atoms with van der Waals surface area (Å²) in [6, 6.07) is 3.42. The van der Waals surface area contributed by atoms with E-state index in [1.807, 2.05) is 15.9 Å². The quantitative estimate of drug-likeness (QED) is 0.732. The number of hydrogen-bond acceptors (Lipinski definition) is 4. The highest BCUT2D eigenvalue weighted by Crippen LogP contribution is 2.18. The molecule has 146 valence electrons. The van der Waals surface area contributed by atoms with Gasteiger partial charge in [0.05, 0.1) is 25.4 Å². The SMILES string of the molecule is CC(C)CN(CC(C)C)C(=O)CN1CCCC1C(=O)NCc1ccco1. The second-order valence-corrected chi connectivity index (χ2v) is 8.01. The van der Waals surface area contributed by atoms with Crippen molar-refractivity contribution in [1.82, 2.24) is 15.1 Å². The number of likely N-dealkylation sites (tertiary alicyclic amines) is 1. The molecule has 6 heteroatoms. The summed E-state index contributed by atoms with van der Waals surface area (Å²) < 4.78 is 5.25. The van der Waals surface area contributed by atoms with Crippen LogP contribution in [0.4, 0.5) is 0 Å². The van der Waals surface area contributed by atoms with Gasteiger partial charge >= 0.3 is 0 Å². The molecule has 1 unspecified atom stereocenters. The third-order valence-electron chi connectivity index (χ3n) is 4.55. The third-order valence-corrected chi connectivity index (χ3v) is 4.55. The average Bonchev–Trinajstić information content (AvgIpc) is 3.22. The van der Waals surface area contributed by atoms with Crippen molar-refractivity contribution in [3.8, 4) is 0 Å². The zero-order valence-electron chi connectivity index (χ0n) is 16.5. The van der Waals surface area contributed by atoms with Gasteiger partial charge in [-0.15, -0.1) is 0 Å². The van der Waals surface area contributed by atoms with Crippen molar-refractivity contribution in [3.63, 3.8) is 0 Å². The standard InChI is InChI=1S/C20H33N3O3/c1-15(2)12-23(13-16(3)4)19(24)14-22-9-5-8-18(22)20(25)21-11-17-7-6-10-26-17/h6-7,10,15-16,18H,5,8-9,11-14H2,1-4H3,(H,21,25). The fourth-order valence-electron chi connectivity index (χ4n) is 3.45. The van der Waals surface area contributed by atoms with Crippen LogP contribution in [0.3, 0.4) is 0 Å². The molecule has 1 aromatic rings. The number of rotatable bonds is 9. The van der Waals surface area contributed by atoms with Crippen molar-refractivity contribution in [1.29, 1.82) is 0 Å². The van der Waals surface area contributed by atoms with Gasteiger partial charge in [-0.05, 0) is 43.4 Å². The van der Waals surface area contributed by atoms with Gasteiger partial charge in [0, 0.05) is 13.1 Å². The van der Waals surface area contributed by atoms with Gasteiger partial charge in [-0.1, -0.05) is 27.7 Å². The molecule has 2 heterocycles. The smallest absolute Gasteiger partial charge is 0.237 e. The normalized spacial score (nSPS) is 17.8. The molecule has 1 N–H and O–H groups in total. The molecule has 1 atom stereocenters. The number of carbonyl (C=O) groups excluding carboxylic acids is 2. The van der Waals surface area contributed by atoms with Gasteiger partial charge in [0.1, 0.15) is 5.76 Å². The van der Waals surface area contributed by atoms with Crippen molar-refractivity contribution in [2.24, 2.45) is 11.8 Å². The Kier molecular flexibility index (Phi) is 7.69. The molecule has 0 spiro atoms. The summed E-state index contributed by atoms with van der Waals surface area (Å²) in [7, 11) is 0. The van der Waals surface area contributed by atoms with E-state index >= 15 is 0 Å².